The molecule has 0 saturated heterocycles. The minimum Gasteiger partial charge on any atom is -0.488 e. The lowest BCUT2D eigenvalue weighted by Crippen LogP contribution is -2.33. The molecule has 0 bridgehead atoms. The van der Waals surface area contributed by atoms with E-state index in [0.29, 0.717) is 6.54 Å². The van der Waals surface area contributed by atoms with E-state index in [9.17, 15) is 4.79 Å². The first-order chi connectivity index (χ1) is 9.75. The van der Waals surface area contributed by atoms with Gasteiger partial charge in [0.25, 0.3) is 0 Å². The second kappa shape index (κ2) is 5.92. The quantitative estimate of drug-likeness (QED) is 0.866. The van der Waals surface area contributed by atoms with Crippen LogP contribution in [0.25, 0.3) is 0 Å². The number of allylic oxidation sites excluding steroid dienone is 1. The molecule has 1 aromatic carbocycles. The highest BCUT2D eigenvalue weighted by molar-refractivity contribution is 5.88. The van der Waals surface area contributed by atoms with Crippen molar-refractivity contribution in [1.29, 1.82) is 0 Å². The van der Waals surface area contributed by atoms with E-state index in [1.807, 2.05) is 19.9 Å². The van der Waals surface area contributed by atoms with E-state index >= 15 is 0 Å². The predicted molar refractivity (Wildman–Crippen MR) is 85.7 cm³/mol. The maximum absolute atomic E-state index is 11.6. The molecule has 1 heterocycles. The minimum atomic E-state index is -0.0510. The molecule has 2 rings (SSSR count). The molecule has 1 aliphatic rings. The molecule has 1 atom stereocenters. The van der Waals surface area contributed by atoms with Crippen molar-refractivity contribution in [1.82, 2.24) is 5.32 Å². The van der Waals surface area contributed by atoms with Crippen molar-refractivity contribution >= 4 is 5.91 Å². The molecule has 21 heavy (non-hydrogen) atoms. The Morgan fingerprint density at radius 1 is 1.38 bits per heavy atom. The standard InChI is InChI=1S/C18H25NO2/c1-12(2)8-17(20)19-11-15-10-13-9-14(18(3,4)5)6-7-16(13)21-15/h6-9,15H,10-11H2,1-5H3,(H,19,20)/t15-/m1/s1. The maximum Gasteiger partial charge on any atom is 0.244 e. The molecule has 1 aliphatic heterocycles. The Morgan fingerprint density at radius 3 is 2.71 bits per heavy atom. The molecule has 0 saturated carbocycles. The van der Waals surface area contributed by atoms with Crippen molar-refractivity contribution in [3.8, 4) is 5.75 Å². The van der Waals surface area contributed by atoms with Crippen molar-refractivity contribution in [2.45, 2.75) is 52.6 Å². The van der Waals surface area contributed by atoms with Crippen LogP contribution in [0.2, 0.25) is 0 Å². The van der Waals surface area contributed by atoms with Crippen LogP contribution in [0.3, 0.4) is 0 Å². The van der Waals surface area contributed by atoms with Gasteiger partial charge in [-0.15, -0.1) is 0 Å². The third kappa shape index (κ3) is 4.10. The van der Waals surface area contributed by atoms with Gasteiger partial charge in [-0.25, -0.2) is 0 Å². The second-order valence-electron chi connectivity index (χ2n) is 6.98. The number of hydrogen-bond donors (Lipinski definition) is 1. The third-order valence-electron chi connectivity index (χ3n) is 3.59. The summed E-state index contributed by atoms with van der Waals surface area (Å²) in [6.45, 7) is 11.0. The second-order valence-corrected chi connectivity index (χ2v) is 6.98. The Morgan fingerprint density at radius 2 is 2.10 bits per heavy atom. The molecule has 1 amide bonds. The predicted octanol–water partition coefficient (Wildman–Crippen LogP) is 3.37. The van der Waals surface area contributed by atoms with Crippen molar-refractivity contribution in [2.24, 2.45) is 0 Å². The lowest BCUT2D eigenvalue weighted by Gasteiger charge is -2.19. The summed E-state index contributed by atoms with van der Waals surface area (Å²) in [5.41, 5.74) is 3.70. The van der Waals surface area contributed by atoms with Gasteiger partial charge >= 0.3 is 0 Å². The molecule has 0 unspecified atom stereocenters. The fourth-order valence-corrected chi connectivity index (χ4v) is 2.43. The summed E-state index contributed by atoms with van der Waals surface area (Å²) >= 11 is 0. The van der Waals surface area contributed by atoms with E-state index in [1.165, 1.54) is 11.1 Å². The summed E-state index contributed by atoms with van der Waals surface area (Å²) in [4.78, 5) is 11.6. The molecule has 1 aromatic rings. The van der Waals surface area contributed by atoms with Crippen LogP contribution in [0.1, 0.15) is 45.7 Å². The van der Waals surface area contributed by atoms with Gasteiger partial charge in [-0.05, 0) is 36.5 Å². The average molecular weight is 287 g/mol. The number of hydrogen-bond acceptors (Lipinski definition) is 2. The zero-order chi connectivity index (χ0) is 15.6. The van der Waals surface area contributed by atoms with Crippen molar-refractivity contribution in [3.05, 3.63) is 41.0 Å². The Kier molecular flexibility index (Phi) is 4.40. The molecule has 0 spiro atoms. The first kappa shape index (κ1) is 15.6. The topological polar surface area (TPSA) is 38.3 Å². The van der Waals surface area contributed by atoms with Crippen LogP contribution in [0, 0.1) is 0 Å². The Bertz CT molecular complexity index is 563. The summed E-state index contributed by atoms with van der Waals surface area (Å²) in [5, 5.41) is 2.90. The summed E-state index contributed by atoms with van der Waals surface area (Å²) in [5.74, 6) is 0.898. The molecule has 3 heteroatoms. The highest BCUT2D eigenvalue weighted by Crippen LogP contribution is 2.33. The minimum absolute atomic E-state index is 0.0322. The van der Waals surface area contributed by atoms with Crippen molar-refractivity contribution < 1.29 is 9.53 Å². The normalized spacial score (nSPS) is 16.9. The van der Waals surface area contributed by atoms with E-state index in [0.717, 1.165) is 17.7 Å². The van der Waals surface area contributed by atoms with Gasteiger partial charge in [0, 0.05) is 12.5 Å². The molecule has 0 radical (unpaired) electrons. The van der Waals surface area contributed by atoms with Crippen molar-refractivity contribution in [2.75, 3.05) is 6.54 Å². The smallest absolute Gasteiger partial charge is 0.244 e. The van der Waals surface area contributed by atoms with Crippen LogP contribution in [0.4, 0.5) is 0 Å². The number of carbonyl (C=O) groups is 1. The number of fused-ring (bicyclic) bond motifs is 1. The summed E-state index contributed by atoms with van der Waals surface area (Å²) in [6.07, 6.45) is 2.50. The van der Waals surface area contributed by atoms with E-state index in [-0.39, 0.29) is 17.4 Å². The fraction of sp³-hybridized carbons (Fsp3) is 0.500. The lowest BCUT2D eigenvalue weighted by molar-refractivity contribution is -0.116. The number of carbonyl (C=O) groups excluding carboxylic acids is 1. The lowest BCUT2D eigenvalue weighted by atomic mass is 9.86. The number of nitrogens with one attached hydrogen (secondary N) is 1. The van der Waals surface area contributed by atoms with Gasteiger partial charge in [-0.3, -0.25) is 4.79 Å². The zero-order valence-electron chi connectivity index (χ0n) is 13.6. The van der Waals surface area contributed by atoms with Gasteiger partial charge in [0.15, 0.2) is 0 Å². The molecule has 0 aliphatic carbocycles. The van der Waals surface area contributed by atoms with Gasteiger partial charge in [0.1, 0.15) is 11.9 Å². The Labute approximate surface area is 127 Å². The summed E-state index contributed by atoms with van der Waals surface area (Å²) in [6, 6.07) is 6.41. The Balaban J connectivity index is 1.97. The number of ether oxygens (including phenoxy) is 1. The van der Waals surface area contributed by atoms with Crippen LogP contribution in [-0.4, -0.2) is 18.6 Å². The largest absolute Gasteiger partial charge is 0.488 e. The van der Waals surface area contributed by atoms with Crippen LogP contribution in [0.15, 0.2) is 29.8 Å². The summed E-state index contributed by atoms with van der Waals surface area (Å²) < 4.78 is 5.89. The molecule has 1 N–H and O–H groups in total. The van der Waals surface area contributed by atoms with E-state index < -0.39 is 0 Å². The molecule has 3 nitrogen and oxygen atoms in total. The van der Waals surface area contributed by atoms with E-state index in [4.69, 9.17) is 4.74 Å². The van der Waals surface area contributed by atoms with Gasteiger partial charge in [0.05, 0.1) is 6.54 Å². The first-order valence-corrected chi connectivity index (χ1v) is 7.48. The highest BCUT2D eigenvalue weighted by atomic mass is 16.5. The molecular weight excluding hydrogens is 262 g/mol. The molecule has 0 aromatic heterocycles. The maximum atomic E-state index is 11.6. The molecule has 0 fully saturated rings. The fourth-order valence-electron chi connectivity index (χ4n) is 2.43. The number of benzene rings is 1. The number of amides is 1. The van der Waals surface area contributed by atoms with Crippen molar-refractivity contribution in [3.63, 3.8) is 0 Å². The van der Waals surface area contributed by atoms with Gasteiger partial charge in [0.2, 0.25) is 5.91 Å². The molecule has 114 valence electrons. The van der Waals surface area contributed by atoms with Gasteiger partial charge < -0.3 is 10.1 Å². The van der Waals surface area contributed by atoms with Crippen LogP contribution in [0.5, 0.6) is 5.75 Å². The third-order valence-corrected chi connectivity index (χ3v) is 3.59. The van der Waals surface area contributed by atoms with Gasteiger partial charge in [-0.1, -0.05) is 38.5 Å². The van der Waals surface area contributed by atoms with E-state index in [1.54, 1.807) is 6.08 Å². The molecular formula is C18H25NO2. The SMILES string of the molecule is CC(C)=CC(=O)NC[C@H]1Cc2cc(C(C)(C)C)ccc2O1. The van der Waals surface area contributed by atoms with Crippen LogP contribution in [-0.2, 0) is 16.6 Å². The summed E-state index contributed by atoms with van der Waals surface area (Å²) in [7, 11) is 0. The zero-order valence-corrected chi connectivity index (χ0v) is 13.6. The Hall–Kier alpha value is -1.77. The van der Waals surface area contributed by atoms with E-state index in [2.05, 4.69) is 38.2 Å². The highest BCUT2D eigenvalue weighted by Gasteiger charge is 2.25. The number of rotatable bonds is 3. The van der Waals surface area contributed by atoms with Gasteiger partial charge in [-0.2, -0.15) is 0 Å². The first-order valence-electron chi connectivity index (χ1n) is 7.48. The average Bonchev–Trinajstić information content (AvgIpc) is 2.76. The van der Waals surface area contributed by atoms with Crippen LogP contribution >= 0.6 is 0 Å². The van der Waals surface area contributed by atoms with Crippen LogP contribution < -0.4 is 10.1 Å². The monoisotopic (exact) mass is 287 g/mol.